The summed E-state index contributed by atoms with van der Waals surface area (Å²) in [7, 11) is 3.95. The Bertz CT molecular complexity index is 296. The molecule has 0 aromatic rings. The lowest BCUT2D eigenvalue weighted by Crippen LogP contribution is -2.47. The molecule has 0 heterocycles. The Balaban J connectivity index is 4.08. The van der Waals surface area contributed by atoms with Gasteiger partial charge in [0.2, 0.25) is 0 Å². The highest BCUT2D eigenvalue weighted by atomic mass is 16.4. The van der Waals surface area contributed by atoms with Crippen LogP contribution in [-0.2, 0) is 4.79 Å². The first-order valence-corrected chi connectivity index (χ1v) is 7.14. The zero-order valence-electron chi connectivity index (χ0n) is 13.3. The quantitative estimate of drug-likeness (QED) is 0.598. The highest BCUT2D eigenvalue weighted by Crippen LogP contribution is 2.05. The number of carboxylic acids is 1. The van der Waals surface area contributed by atoms with Crippen LogP contribution in [0.3, 0.4) is 0 Å². The van der Waals surface area contributed by atoms with Crippen molar-refractivity contribution in [3.8, 4) is 0 Å². The van der Waals surface area contributed by atoms with Crippen molar-refractivity contribution in [2.45, 2.75) is 39.7 Å². The zero-order chi connectivity index (χ0) is 15.7. The maximum atomic E-state index is 11.8. The molecule has 118 valence electrons. The molecule has 2 amide bonds. The van der Waals surface area contributed by atoms with Crippen LogP contribution in [0.2, 0.25) is 0 Å². The minimum Gasteiger partial charge on any atom is -0.481 e. The van der Waals surface area contributed by atoms with Gasteiger partial charge in [0.1, 0.15) is 0 Å². The molecular formula is C14H29N3O3. The van der Waals surface area contributed by atoms with Crippen molar-refractivity contribution in [1.82, 2.24) is 15.5 Å². The predicted molar refractivity (Wildman–Crippen MR) is 79.7 cm³/mol. The Morgan fingerprint density at radius 2 is 1.80 bits per heavy atom. The van der Waals surface area contributed by atoms with Crippen molar-refractivity contribution in [1.29, 1.82) is 0 Å². The van der Waals surface area contributed by atoms with Gasteiger partial charge in [0.25, 0.3) is 0 Å². The van der Waals surface area contributed by atoms with E-state index in [2.05, 4.69) is 24.5 Å². The maximum absolute atomic E-state index is 11.8. The van der Waals surface area contributed by atoms with Crippen LogP contribution >= 0.6 is 0 Å². The van der Waals surface area contributed by atoms with E-state index in [1.807, 2.05) is 19.0 Å². The van der Waals surface area contributed by atoms with Crippen molar-refractivity contribution >= 4 is 12.0 Å². The van der Waals surface area contributed by atoms with Gasteiger partial charge in [0, 0.05) is 19.1 Å². The van der Waals surface area contributed by atoms with Crippen LogP contribution in [0.5, 0.6) is 0 Å². The van der Waals surface area contributed by atoms with Gasteiger partial charge in [-0.2, -0.15) is 0 Å². The highest BCUT2D eigenvalue weighted by molar-refractivity contribution is 5.74. The summed E-state index contributed by atoms with van der Waals surface area (Å²) in [5.41, 5.74) is 0. The van der Waals surface area contributed by atoms with Crippen LogP contribution in [0, 0.1) is 11.8 Å². The van der Waals surface area contributed by atoms with E-state index in [-0.39, 0.29) is 12.1 Å². The summed E-state index contributed by atoms with van der Waals surface area (Å²) in [6.07, 6.45) is 1.35. The number of nitrogens with zero attached hydrogens (tertiary/aromatic N) is 1. The van der Waals surface area contributed by atoms with E-state index in [4.69, 9.17) is 5.11 Å². The number of urea groups is 1. The highest BCUT2D eigenvalue weighted by Gasteiger charge is 2.15. The summed E-state index contributed by atoms with van der Waals surface area (Å²) < 4.78 is 0. The first-order chi connectivity index (χ1) is 9.22. The molecule has 0 fully saturated rings. The van der Waals surface area contributed by atoms with Crippen molar-refractivity contribution in [3.05, 3.63) is 0 Å². The maximum Gasteiger partial charge on any atom is 0.315 e. The number of carbonyl (C=O) groups is 2. The standard InChI is InChI=1S/C14H29N3O3/c1-10(2)8-12(9-17(4)5)16-14(20)15-7-6-11(3)13(18)19/h10-12H,6-9H2,1-5H3,(H,18,19)(H2,15,16,20). The molecule has 0 radical (unpaired) electrons. The number of aliphatic carboxylic acids is 1. The van der Waals surface area contributed by atoms with Gasteiger partial charge >= 0.3 is 12.0 Å². The van der Waals surface area contributed by atoms with Gasteiger partial charge in [-0.1, -0.05) is 20.8 Å². The normalized spacial score (nSPS) is 14.2. The molecule has 0 bridgehead atoms. The lowest BCUT2D eigenvalue weighted by Gasteiger charge is -2.24. The molecule has 0 aromatic carbocycles. The molecule has 3 N–H and O–H groups in total. The first-order valence-electron chi connectivity index (χ1n) is 7.14. The van der Waals surface area contributed by atoms with Gasteiger partial charge in [-0.25, -0.2) is 4.79 Å². The number of carbonyl (C=O) groups excluding carboxylic acids is 1. The molecular weight excluding hydrogens is 258 g/mol. The Morgan fingerprint density at radius 3 is 2.25 bits per heavy atom. The Morgan fingerprint density at radius 1 is 1.20 bits per heavy atom. The van der Waals surface area contributed by atoms with Gasteiger partial charge < -0.3 is 20.6 Å². The fourth-order valence-electron chi connectivity index (χ4n) is 1.95. The lowest BCUT2D eigenvalue weighted by molar-refractivity contribution is -0.141. The summed E-state index contributed by atoms with van der Waals surface area (Å²) in [5, 5.41) is 14.4. The van der Waals surface area contributed by atoms with Gasteiger partial charge in [-0.15, -0.1) is 0 Å². The van der Waals surface area contributed by atoms with Crippen LogP contribution in [-0.4, -0.2) is 55.2 Å². The first kappa shape index (κ1) is 18.7. The summed E-state index contributed by atoms with van der Waals surface area (Å²) in [4.78, 5) is 24.5. The average Bonchev–Trinajstić information content (AvgIpc) is 2.26. The number of nitrogens with one attached hydrogen (secondary N) is 2. The Labute approximate surface area is 121 Å². The van der Waals surface area contributed by atoms with Crippen LogP contribution in [0.1, 0.15) is 33.6 Å². The van der Waals surface area contributed by atoms with Gasteiger partial charge in [-0.3, -0.25) is 4.79 Å². The molecule has 6 nitrogen and oxygen atoms in total. The number of hydrogen-bond acceptors (Lipinski definition) is 3. The number of hydrogen-bond donors (Lipinski definition) is 3. The van der Waals surface area contributed by atoms with Crippen LogP contribution in [0.4, 0.5) is 4.79 Å². The third kappa shape index (κ3) is 9.61. The molecule has 0 aliphatic heterocycles. The molecule has 0 aliphatic rings. The average molecular weight is 287 g/mol. The molecule has 20 heavy (non-hydrogen) atoms. The second kappa shape index (κ2) is 9.58. The molecule has 0 saturated carbocycles. The van der Waals surface area contributed by atoms with E-state index in [1.54, 1.807) is 6.92 Å². The number of amides is 2. The smallest absolute Gasteiger partial charge is 0.315 e. The van der Waals surface area contributed by atoms with E-state index in [1.165, 1.54) is 0 Å². The summed E-state index contributed by atoms with van der Waals surface area (Å²) in [6, 6.07) is -0.128. The second-order valence-corrected chi connectivity index (χ2v) is 6.02. The summed E-state index contributed by atoms with van der Waals surface area (Å²) >= 11 is 0. The molecule has 0 saturated heterocycles. The molecule has 0 spiro atoms. The molecule has 2 unspecified atom stereocenters. The number of carboxylic acid groups (broad SMARTS) is 1. The zero-order valence-corrected chi connectivity index (χ0v) is 13.3. The van der Waals surface area contributed by atoms with Crippen LogP contribution < -0.4 is 10.6 Å². The minimum atomic E-state index is -0.836. The van der Waals surface area contributed by atoms with Gasteiger partial charge in [0.05, 0.1) is 5.92 Å². The topological polar surface area (TPSA) is 81.7 Å². The summed E-state index contributed by atoms with van der Waals surface area (Å²) in [5.74, 6) is -0.770. The molecule has 6 heteroatoms. The third-order valence-electron chi connectivity index (χ3n) is 2.96. The molecule has 0 rings (SSSR count). The van der Waals surface area contributed by atoms with E-state index < -0.39 is 11.9 Å². The SMILES string of the molecule is CC(C)CC(CN(C)C)NC(=O)NCCC(C)C(=O)O. The third-order valence-corrected chi connectivity index (χ3v) is 2.96. The van der Waals surface area contributed by atoms with Crippen molar-refractivity contribution in [2.75, 3.05) is 27.2 Å². The minimum absolute atomic E-state index is 0.0990. The van der Waals surface area contributed by atoms with Gasteiger partial charge in [-0.05, 0) is 32.9 Å². The van der Waals surface area contributed by atoms with Crippen molar-refractivity contribution in [3.63, 3.8) is 0 Å². The molecule has 0 aliphatic carbocycles. The molecule has 0 aromatic heterocycles. The number of rotatable bonds is 9. The van der Waals surface area contributed by atoms with Crippen LogP contribution in [0.25, 0.3) is 0 Å². The Hall–Kier alpha value is -1.30. The van der Waals surface area contributed by atoms with E-state index >= 15 is 0 Å². The van der Waals surface area contributed by atoms with Gasteiger partial charge in [0.15, 0.2) is 0 Å². The fraction of sp³-hybridized carbons (Fsp3) is 0.857. The predicted octanol–water partition coefficient (Wildman–Crippen LogP) is 1.37. The van der Waals surface area contributed by atoms with E-state index in [0.717, 1.165) is 13.0 Å². The monoisotopic (exact) mass is 287 g/mol. The second-order valence-electron chi connectivity index (χ2n) is 6.02. The number of likely N-dealkylation sites (N-methyl/N-ethyl adjacent to an activating group) is 1. The van der Waals surface area contributed by atoms with E-state index in [0.29, 0.717) is 18.9 Å². The van der Waals surface area contributed by atoms with Crippen LogP contribution in [0.15, 0.2) is 0 Å². The lowest BCUT2D eigenvalue weighted by atomic mass is 10.0. The molecule has 2 atom stereocenters. The Kier molecular flexibility index (Phi) is 8.96. The summed E-state index contributed by atoms with van der Waals surface area (Å²) in [6.45, 7) is 7.04. The van der Waals surface area contributed by atoms with Crippen molar-refractivity contribution < 1.29 is 14.7 Å². The fourth-order valence-corrected chi connectivity index (χ4v) is 1.95. The largest absolute Gasteiger partial charge is 0.481 e. The van der Waals surface area contributed by atoms with Crippen molar-refractivity contribution in [2.24, 2.45) is 11.8 Å². The van der Waals surface area contributed by atoms with E-state index in [9.17, 15) is 9.59 Å².